The number of esters is 1. The Morgan fingerprint density at radius 1 is 1.00 bits per heavy atom. The fraction of sp³-hybridized carbons (Fsp3) is 0.529. The van der Waals surface area contributed by atoms with E-state index in [9.17, 15) is 9.59 Å². The molecule has 0 saturated carbocycles. The monoisotopic (exact) mass is 311 g/mol. The molecule has 5 heteroatoms. The van der Waals surface area contributed by atoms with Gasteiger partial charge in [-0.1, -0.05) is 26.0 Å². The SMILES string of the molecule is CC.C\C=C/C(NC(=O)OC(C)(C)C)=C(\C=C/C)C(=O)OC. The van der Waals surface area contributed by atoms with E-state index in [1.807, 2.05) is 13.8 Å². The van der Waals surface area contributed by atoms with Crippen molar-refractivity contribution in [2.45, 2.75) is 54.1 Å². The third-order valence-corrected chi connectivity index (χ3v) is 2.00. The van der Waals surface area contributed by atoms with Gasteiger partial charge in [-0.3, -0.25) is 5.32 Å². The predicted octanol–water partition coefficient (Wildman–Crippen LogP) is 4.12. The van der Waals surface area contributed by atoms with Crippen LogP contribution < -0.4 is 5.32 Å². The van der Waals surface area contributed by atoms with Crippen molar-refractivity contribution in [1.82, 2.24) is 5.32 Å². The van der Waals surface area contributed by atoms with Gasteiger partial charge in [0, 0.05) is 0 Å². The lowest BCUT2D eigenvalue weighted by molar-refractivity contribution is -0.135. The Bertz CT molecular complexity index is 440. The summed E-state index contributed by atoms with van der Waals surface area (Å²) in [5.74, 6) is -0.535. The van der Waals surface area contributed by atoms with Gasteiger partial charge in [-0.25, -0.2) is 9.59 Å². The maximum absolute atomic E-state index is 11.8. The van der Waals surface area contributed by atoms with Crippen molar-refractivity contribution >= 4 is 12.1 Å². The van der Waals surface area contributed by atoms with Crippen LogP contribution in [0.1, 0.15) is 48.5 Å². The molecule has 1 N–H and O–H groups in total. The standard InChI is InChI=1S/C15H23NO4.C2H6/c1-7-9-11(13(17)19-6)12(10-8-2)16-14(18)20-15(3,4)5;1-2/h7-10H,1-6H3,(H,16,18);1-2H3/b9-7-,10-8-,12-11-;. The smallest absolute Gasteiger partial charge is 0.412 e. The second-order valence-corrected chi connectivity index (χ2v) is 4.95. The van der Waals surface area contributed by atoms with E-state index in [0.717, 1.165) is 0 Å². The summed E-state index contributed by atoms with van der Waals surface area (Å²) < 4.78 is 9.86. The fourth-order valence-corrected chi connectivity index (χ4v) is 1.32. The van der Waals surface area contributed by atoms with Crippen LogP contribution in [-0.4, -0.2) is 24.8 Å². The zero-order chi connectivity index (χ0) is 17.8. The number of ether oxygens (including phenoxy) is 2. The first-order valence-electron chi connectivity index (χ1n) is 7.33. The van der Waals surface area contributed by atoms with E-state index < -0.39 is 17.7 Å². The molecule has 0 rings (SSSR count). The molecule has 0 aromatic carbocycles. The second-order valence-electron chi connectivity index (χ2n) is 4.95. The van der Waals surface area contributed by atoms with Crippen LogP contribution >= 0.6 is 0 Å². The molecular weight excluding hydrogens is 282 g/mol. The Hall–Kier alpha value is -2.04. The molecule has 126 valence electrons. The van der Waals surface area contributed by atoms with Gasteiger partial charge in [-0.15, -0.1) is 0 Å². The van der Waals surface area contributed by atoms with Crippen LogP contribution in [0, 0.1) is 0 Å². The highest BCUT2D eigenvalue weighted by Crippen LogP contribution is 2.11. The summed E-state index contributed by atoms with van der Waals surface area (Å²) in [5, 5.41) is 2.55. The third-order valence-electron chi connectivity index (χ3n) is 2.00. The lowest BCUT2D eigenvalue weighted by atomic mass is 10.1. The number of amides is 1. The molecular formula is C17H29NO4. The highest BCUT2D eigenvalue weighted by molar-refractivity contribution is 5.93. The highest BCUT2D eigenvalue weighted by Gasteiger charge is 2.19. The number of carbonyl (C=O) groups is 2. The van der Waals surface area contributed by atoms with E-state index in [1.165, 1.54) is 7.11 Å². The maximum Gasteiger partial charge on any atom is 0.412 e. The number of alkyl carbamates (subject to hydrolysis) is 1. The molecule has 0 aromatic heterocycles. The molecule has 5 nitrogen and oxygen atoms in total. The average Bonchev–Trinajstić information content (AvgIpc) is 2.43. The first-order valence-corrected chi connectivity index (χ1v) is 7.33. The van der Waals surface area contributed by atoms with Crippen molar-refractivity contribution in [1.29, 1.82) is 0 Å². The number of nitrogens with one attached hydrogen (secondary N) is 1. The van der Waals surface area contributed by atoms with E-state index in [-0.39, 0.29) is 5.57 Å². The van der Waals surface area contributed by atoms with Crippen molar-refractivity contribution in [3.05, 3.63) is 35.6 Å². The molecule has 0 aliphatic heterocycles. The summed E-state index contributed by atoms with van der Waals surface area (Å²) in [4.78, 5) is 23.5. The van der Waals surface area contributed by atoms with Gasteiger partial charge in [0.1, 0.15) is 5.60 Å². The fourth-order valence-electron chi connectivity index (χ4n) is 1.32. The zero-order valence-corrected chi connectivity index (χ0v) is 14.9. The highest BCUT2D eigenvalue weighted by atomic mass is 16.6. The normalized spacial score (nSPS) is 12.4. The molecule has 0 heterocycles. The summed E-state index contributed by atoms with van der Waals surface area (Å²) in [6.07, 6.45) is 5.94. The van der Waals surface area contributed by atoms with Crippen LogP contribution in [0.25, 0.3) is 0 Å². The molecule has 1 amide bonds. The Kier molecular flexibility index (Phi) is 11.7. The summed E-state index contributed by atoms with van der Waals surface area (Å²) in [7, 11) is 1.28. The molecule has 0 radical (unpaired) electrons. The van der Waals surface area contributed by atoms with E-state index in [4.69, 9.17) is 9.47 Å². The molecule has 0 spiro atoms. The number of allylic oxidation sites excluding steroid dienone is 3. The van der Waals surface area contributed by atoms with Gasteiger partial charge in [0.05, 0.1) is 18.4 Å². The van der Waals surface area contributed by atoms with Gasteiger partial charge in [-0.05, 0) is 46.8 Å². The van der Waals surface area contributed by atoms with Crippen molar-refractivity contribution in [3.63, 3.8) is 0 Å². The predicted molar refractivity (Wildman–Crippen MR) is 89.4 cm³/mol. The van der Waals surface area contributed by atoms with Gasteiger partial charge < -0.3 is 9.47 Å². The molecule has 0 aliphatic rings. The topological polar surface area (TPSA) is 64.6 Å². The lowest BCUT2D eigenvalue weighted by Gasteiger charge is -2.20. The lowest BCUT2D eigenvalue weighted by Crippen LogP contribution is -2.32. The summed E-state index contributed by atoms with van der Waals surface area (Å²) in [6.45, 7) is 12.8. The van der Waals surface area contributed by atoms with Crippen molar-refractivity contribution < 1.29 is 19.1 Å². The molecule has 0 saturated heterocycles. The number of hydrogen-bond donors (Lipinski definition) is 1. The Morgan fingerprint density at radius 2 is 1.50 bits per heavy atom. The van der Waals surface area contributed by atoms with Crippen molar-refractivity contribution in [2.75, 3.05) is 7.11 Å². The average molecular weight is 311 g/mol. The largest absolute Gasteiger partial charge is 0.465 e. The van der Waals surface area contributed by atoms with Gasteiger partial charge in [0.2, 0.25) is 0 Å². The second kappa shape index (κ2) is 11.6. The van der Waals surface area contributed by atoms with Crippen LogP contribution in [0.3, 0.4) is 0 Å². The maximum atomic E-state index is 11.8. The van der Waals surface area contributed by atoms with Crippen LogP contribution in [0.2, 0.25) is 0 Å². The Morgan fingerprint density at radius 3 is 1.86 bits per heavy atom. The summed E-state index contributed by atoms with van der Waals surface area (Å²) in [6, 6.07) is 0. The minimum Gasteiger partial charge on any atom is -0.465 e. The van der Waals surface area contributed by atoms with E-state index in [0.29, 0.717) is 5.70 Å². The van der Waals surface area contributed by atoms with E-state index in [2.05, 4.69) is 5.32 Å². The van der Waals surface area contributed by atoms with Crippen molar-refractivity contribution in [2.24, 2.45) is 0 Å². The molecule has 0 aromatic rings. The number of methoxy groups -OCH3 is 1. The molecule has 0 bridgehead atoms. The summed E-state index contributed by atoms with van der Waals surface area (Å²) in [5.41, 5.74) is -0.0393. The first-order chi connectivity index (χ1) is 10.2. The molecule has 0 aliphatic carbocycles. The first kappa shape index (κ1) is 22.2. The van der Waals surface area contributed by atoms with Gasteiger partial charge in [-0.2, -0.15) is 0 Å². The third kappa shape index (κ3) is 9.80. The van der Waals surface area contributed by atoms with Crippen LogP contribution in [0.5, 0.6) is 0 Å². The quantitative estimate of drug-likeness (QED) is 0.482. The van der Waals surface area contributed by atoms with Gasteiger partial charge in [0.25, 0.3) is 0 Å². The van der Waals surface area contributed by atoms with Crippen LogP contribution in [-0.2, 0) is 14.3 Å². The zero-order valence-electron chi connectivity index (χ0n) is 14.9. The van der Waals surface area contributed by atoms with Crippen molar-refractivity contribution in [3.8, 4) is 0 Å². The molecule has 0 fully saturated rings. The van der Waals surface area contributed by atoms with Crippen LogP contribution in [0.15, 0.2) is 35.6 Å². The molecule has 0 unspecified atom stereocenters. The molecule has 22 heavy (non-hydrogen) atoms. The number of carbonyl (C=O) groups excluding carboxylic acids is 2. The Balaban J connectivity index is 0. The number of rotatable bonds is 4. The van der Waals surface area contributed by atoms with Gasteiger partial charge >= 0.3 is 12.1 Å². The minimum absolute atomic E-state index is 0.249. The van der Waals surface area contributed by atoms with E-state index >= 15 is 0 Å². The minimum atomic E-state index is -0.628. The number of hydrogen-bond acceptors (Lipinski definition) is 4. The van der Waals surface area contributed by atoms with Gasteiger partial charge in [0.15, 0.2) is 0 Å². The van der Waals surface area contributed by atoms with Crippen LogP contribution in [0.4, 0.5) is 4.79 Å². The molecule has 0 atom stereocenters. The Labute approximate surface area is 134 Å². The summed E-state index contributed by atoms with van der Waals surface area (Å²) >= 11 is 0. The van der Waals surface area contributed by atoms with E-state index in [1.54, 1.807) is 58.9 Å².